The van der Waals surface area contributed by atoms with Gasteiger partial charge in [0.15, 0.2) is 0 Å². The molecule has 1 unspecified atom stereocenters. The topological polar surface area (TPSA) is 74.0 Å². The van der Waals surface area contributed by atoms with Gasteiger partial charge >= 0.3 is 0 Å². The van der Waals surface area contributed by atoms with Gasteiger partial charge in [0.1, 0.15) is 17.6 Å². The van der Waals surface area contributed by atoms with Crippen molar-refractivity contribution < 1.29 is 19.1 Å². The number of hydrogen-bond acceptors (Lipinski definition) is 4. The SMILES string of the molecule is Cc1ccc(/C=C/C(=O)N2CCN(C(=O)C(C)O)CC2)o1. The predicted octanol–water partition coefficient (Wildman–Crippen LogP) is 0.653. The van der Waals surface area contributed by atoms with Crippen LogP contribution in [0.5, 0.6) is 0 Å². The Hall–Kier alpha value is -2.08. The summed E-state index contributed by atoms with van der Waals surface area (Å²) >= 11 is 0. The zero-order valence-electron chi connectivity index (χ0n) is 12.3. The first-order chi connectivity index (χ1) is 9.97. The average Bonchev–Trinajstić information content (AvgIpc) is 2.89. The van der Waals surface area contributed by atoms with Gasteiger partial charge in [0, 0.05) is 32.3 Å². The molecule has 2 rings (SSSR count). The number of amides is 2. The van der Waals surface area contributed by atoms with E-state index in [1.54, 1.807) is 21.9 Å². The van der Waals surface area contributed by atoms with Crippen molar-refractivity contribution >= 4 is 17.9 Å². The van der Waals surface area contributed by atoms with E-state index < -0.39 is 6.10 Å². The Balaban J connectivity index is 1.86. The molecule has 1 aliphatic rings. The molecule has 1 aromatic rings. The Morgan fingerprint density at radius 1 is 1.24 bits per heavy atom. The summed E-state index contributed by atoms with van der Waals surface area (Å²) in [4.78, 5) is 26.9. The summed E-state index contributed by atoms with van der Waals surface area (Å²) in [6, 6.07) is 3.64. The molecule has 0 radical (unpaired) electrons. The molecule has 1 fully saturated rings. The second kappa shape index (κ2) is 6.58. The number of furan rings is 1. The molecule has 0 aromatic carbocycles. The highest BCUT2D eigenvalue weighted by molar-refractivity contribution is 5.91. The molecule has 0 saturated carbocycles. The highest BCUT2D eigenvalue weighted by atomic mass is 16.3. The number of rotatable bonds is 3. The molecule has 2 amide bonds. The van der Waals surface area contributed by atoms with Crippen molar-refractivity contribution in [1.29, 1.82) is 0 Å². The number of carbonyl (C=O) groups excluding carboxylic acids is 2. The van der Waals surface area contributed by atoms with Gasteiger partial charge in [-0.05, 0) is 32.1 Å². The number of piperazine rings is 1. The summed E-state index contributed by atoms with van der Waals surface area (Å²) in [5, 5.41) is 9.27. The molecule has 0 bridgehead atoms. The van der Waals surface area contributed by atoms with Crippen molar-refractivity contribution in [3.8, 4) is 0 Å². The van der Waals surface area contributed by atoms with Crippen LogP contribution in [0.2, 0.25) is 0 Å². The molecular formula is C15H20N2O4. The second-order valence-electron chi connectivity index (χ2n) is 5.11. The van der Waals surface area contributed by atoms with Gasteiger partial charge in [-0.1, -0.05) is 0 Å². The zero-order chi connectivity index (χ0) is 15.4. The van der Waals surface area contributed by atoms with Gasteiger partial charge in [0.05, 0.1) is 0 Å². The van der Waals surface area contributed by atoms with E-state index in [0.29, 0.717) is 31.9 Å². The van der Waals surface area contributed by atoms with Crippen LogP contribution in [0.15, 0.2) is 22.6 Å². The summed E-state index contributed by atoms with van der Waals surface area (Å²) in [6.07, 6.45) is 2.13. The van der Waals surface area contributed by atoms with E-state index in [2.05, 4.69) is 0 Å². The molecule has 6 heteroatoms. The van der Waals surface area contributed by atoms with Gasteiger partial charge in [-0.25, -0.2) is 0 Å². The molecule has 0 aliphatic carbocycles. The van der Waals surface area contributed by atoms with E-state index in [1.165, 1.54) is 13.0 Å². The Bertz CT molecular complexity index is 540. The molecule has 0 spiro atoms. The van der Waals surface area contributed by atoms with Crippen molar-refractivity contribution in [2.75, 3.05) is 26.2 Å². The fourth-order valence-corrected chi connectivity index (χ4v) is 2.21. The molecule has 114 valence electrons. The van der Waals surface area contributed by atoms with Gasteiger partial charge in [-0.2, -0.15) is 0 Å². The molecule has 1 aromatic heterocycles. The van der Waals surface area contributed by atoms with E-state index in [1.807, 2.05) is 13.0 Å². The minimum Gasteiger partial charge on any atom is -0.462 e. The number of nitrogens with zero attached hydrogens (tertiary/aromatic N) is 2. The number of aliphatic hydroxyl groups is 1. The first-order valence-corrected chi connectivity index (χ1v) is 6.97. The first-order valence-electron chi connectivity index (χ1n) is 6.97. The van der Waals surface area contributed by atoms with Crippen molar-refractivity contribution in [2.45, 2.75) is 20.0 Å². The summed E-state index contributed by atoms with van der Waals surface area (Å²) < 4.78 is 5.36. The average molecular weight is 292 g/mol. The van der Waals surface area contributed by atoms with Crippen LogP contribution < -0.4 is 0 Å². The molecule has 21 heavy (non-hydrogen) atoms. The molecule has 1 N–H and O–H groups in total. The van der Waals surface area contributed by atoms with Gasteiger partial charge in [0.25, 0.3) is 5.91 Å². The largest absolute Gasteiger partial charge is 0.462 e. The third-order valence-electron chi connectivity index (χ3n) is 3.41. The maximum absolute atomic E-state index is 12.0. The van der Waals surface area contributed by atoms with Crippen LogP contribution in [-0.2, 0) is 9.59 Å². The molecule has 1 aliphatic heterocycles. The number of aliphatic hydroxyl groups excluding tert-OH is 1. The van der Waals surface area contributed by atoms with Gasteiger partial charge in [-0.15, -0.1) is 0 Å². The van der Waals surface area contributed by atoms with Gasteiger partial charge < -0.3 is 19.3 Å². The Labute approximate surface area is 123 Å². The molecule has 1 atom stereocenters. The van der Waals surface area contributed by atoms with Crippen LogP contribution in [0.4, 0.5) is 0 Å². The van der Waals surface area contributed by atoms with Crippen molar-refractivity contribution in [2.24, 2.45) is 0 Å². The predicted molar refractivity (Wildman–Crippen MR) is 77.3 cm³/mol. The van der Waals surface area contributed by atoms with Crippen LogP contribution in [0, 0.1) is 6.92 Å². The third-order valence-corrected chi connectivity index (χ3v) is 3.41. The van der Waals surface area contributed by atoms with Crippen LogP contribution in [0.25, 0.3) is 6.08 Å². The normalized spacial score (nSPS) is 17.3. The molecular weight excluding hydrogens is 272 g/mol. The summed E-state index contributed by atoms with van der Waals surface area (Å²) in [5.74, 6) is 1.05. The van der Waals surface area contributed by atoms with Crippen LogP contribution in [0.3, 0.4) is 0 Å². The monoisotopic (exact) mass is 292 g/mol. The van der Waals surface area contributed by atoms with Gasteiger partial charge in [-0.3, -0.25) is 9.59 Å². The van der Waals surface area contributed by atoms with Crippen LogP contribution in [-0.4, -0.2) is 59.0 Å². The number of hydrogen-bond donors (Lipinski definition) is 1. The molecule has 2 heterocycles. The van der Waals surface area contributed by atoms with Crippen molar-refractivity contribution in [1.82, 2.24) is 9.80 Å². The highest BCUT2D eigenvalue weighted by Gasteiger charge is 2.25. The fraction of sp³-hybridized carbons (Fsp3) is 0.467. The standard InChI is InChI=1S/C15H20N2O4/c1-11-3-4-13(21-11)5-6-14(19)16-7-9-17(10-8-16)15(20)12(2)18/h3-6,12,18H,7-10H2,1-2H3/b6-5+. The first kappa shape index (κ1) is 15.3. The lowest BCUT2D eigenvalue weighted by atomic mass is 10.2. The minimum absolute atomic E-state index is 0.104. The fourth-order valence-electron chi connectivity index (χ4n) is 2.21. The van der Waals surface area contributed by atoms with E-state index in [4.69, 9.17) is 4.42 Å². The lowest BCUT2D eigenvalue weighted by Gasteiger charge is -2.34. The maximum Gasteiger partial charge on any atom is 0.251 e. The quantitative estimate of drug-likeness (QED) is 0.830. The molecule has 1 saturated heterocycles. The summed E-state index contributed by atoms with van der Waals surface area (Å²) in [5.41, 5.74) is 0. The Morgan fingerprint density at radius 2 is 1.86 bits per heavy atom. The summed E-state index contributed by atoms with van der Waals surface area (Å²) in [7, 11) is 0. The zero-order valence-corrected chi connectivity index (χ0v) is 12.3. The lowest BCUT2D eigenvalue weighted by Crippen LogP contribution is -2.52. The lowest BCUT2D eigenvalue weighted by molar-refractivity contribution is -0.143. The minimum atomic E-state index is -0.991. The molecule has 6 nitrogen and oxygen atoms in total. The van der Waals surface area contributed by atoms with E-state index in [9.17, 15) is 14.7 Å². The van der Waals surface area contributed by atoms with Crippen LogP contribution >= 0.6 is 0 Å². The summed E-state index contributed by atoms with van der Waals surface area (Å²) in [6.45, 7) is 5.13. The van der Waals surface area contributed by atoms with E-state index in [0.717, 1.165) is 5.76 Å². The Kier molecular flexibility index (Phi) is 4.80. The van der Waals surface area contributed by atoms with E-state index >= 15 is 0 Å². The number of carbonyl (C=O) groups is 2. The Morgan fingerprint density at radius 3 is 2.38 bits per heavy atom. The van der Waals surface area contributed by atoms with Gasteiger partial charge in [0.2, 0.25) is 5.91 Å². The van der Waals surface area contributed by atoms with Crippen molar-refractivity contribution in [3.63, 3.8) is 0 Å². The highest BCUT2D eigenvalue weighted by Crippen LogP contribution is 2.09. The second-order valence-corrected chi connectivity index (χ2v) is 5.11. The van der Waals surface area contributed by atoms with Crippen molar-refractivity contribution in [3.05, 3.63) is 29.7 Å². The van der Waals surface area contributed by atoms with Crippen LogP contribution in [0.1, 0.15) is 18.4 Å². The smallest absolute Gasteiger partial charge is 0.251 e. The number of aryl methyl sites for hydroxylation is 1. The maximum atomic E-state index is 12.0. The third kappa shape index (κ3) is 3.95. The van der Waals surface area contributed by atoms with E-state index in [-0.39, 0.29) is 11.8 Å².